The van der Waals surface area contributed by atoms with Gasteiger partial charge in [-0.15, -0.1) is 0 Å². The van der Waals surface area contributed by atoms with Gasteiger partial charge in [-0.1, -0.05) is 25.1 Å². The lowest BCUT2D eigenvalue weighted by Crippen LogP contribution is -2.45. The van der Waals surface area contributed by atoms with Gasteiger partial charge in [0.05, 0.1) is 12.7 Å². The van der Waals surface area contributed by atoms with Gasteiger partial charge in [0, 0.05) is 37.6 Å². The Balaban J connectivity index is 0.000000892. The molecular formula is C21H34N2O5. The summed E-state index contributed by atoms with van der Waals surface area (Å²) in [5.41, 5.74) is 7.13. The molecule has 4 N–H and O–H groups in total. The zero-order valence-corrected chi connectivity index (χ0v) is 17.1. The maximum atomic E-state index is 12.5. The summed E-state index contributed by atoms with van der Waals surface area (Å²) >= 11 is 0. The molecule has 3 atom stereocenters. The largest absolute Gasteiger partial charge is 0.494 e. The van der Waals surface area contributed by atoms with E-state index in [0.29, 0.717) is 26.2 Å². The summed E-state index contributed by atoms with van der Waals surface area (Å²) in [4.78, 5) is 21.5. The first-order valence-electron chi connectivity index (χ1n) is 9.94. The molecule has 1 aliphatic carbocycles. The molecule has 0 unspecified atom stereocenters. The lowest BCUT2D eigenvalue weighted by atomic mass is 9.83. The summed E-state index contributed by atoms with van der Waals surface area (Å²) in [5.74, 6) is 0.0549. The van der Waals surface area contributed by atoms with Gasteiger partial charge in [0.15, 0.2) is 0 Å². The van der Waals surface area contributed by atoms with E-state index in [1.54, 1.807) is 0 Å². The second-order valence-electron chi connectivity index (χ2n) is 6.86. The second kappa shape index (κ2) is 13.1. The van der Waals surface area contributed by atoms with E-state index in [-0.39, 0.29) is 24.0 Å². The number of nitrogens with one attached hydrogen (secondary N) is 1. The smallest absolute Gasteiger partial charge is 0.300 e. The van der Waals surface area contributed by atoms with Crippen LogP contribution in [-0.2, 0) is 20.9 Å². The lowest BCUT2D eigenvalue weighted by Gasteiger charge is -2.33. The Hall–Kier alpha value is -2.12. The van der Waals surface area contributed by atoms with Gasteiger partial charge < -0.3 is 25.6 Å². The van der Waals surface area contributed by atoms with Gasteiger partial charge in [-0.2, -0.15) is 0 Å². The van der Waals surface area contributed by atoms with Crippen LogP contribution in [0.5, 0.6) is 5.75 Å². The summed E-state index contributed by atoms with van der Waals surface area (Å²) in [6, 6.07) is 7.85. The quantitative estimate of drug-likeness (QED) is 0.625. The van der Waals surface area contributed by atoms with E-state index in [0.717, 1.165) is 37.5 Å². The van der Waals surface area contributed by atoms with E-state index < -0.39 is 5.97 Å². The Morgan fingerprint density at radius 3 is 2.57 bits per heavy atom. The number of nitrogens with two attached hydrogens (primary N) is 1. The normalized spacial score (nSPS) is 21.2. The first kappa shape index (κ1) is 23.9. The van der Waals surface area contributed by atoms with Crippen LogP contribution < -0.4 is 15.8 Å². The molecule has 0 heterocycles. The zero-order valence-electron chi connectivity index (χ0n) is 17.1. The van der Waals surface area contributed by atoms with Gasteiger partial charge >= 0.3 is 0 Å². The number of carboxylic acids is 1. The first-order valence-corrected chi connectivity index (χ1v) is 9.94. The molecule has 0 bridgehead atoms. The number of hydrogen-bond acceptors (Lipinski definition) is 5. The number of carbonyl (C=O) groups excluding carboxylic acids is 1. The summed E-state index contributed by atoms with van der Waals surface area (Å²) < 4.78 is 11.4. The fourth-order valence-corrected chi connectivity index (χ4v) is 3.12. The number of rotatable bonds is 8. The summed E-state index contributed by atoms with van der Waals surface area (Å²) in [6.45, 7) is 6.92. The SMILES string of the molecule is CC(=O)O.CCCO[C@H]1C[C@@H](C(=O)NCc2ccccc2OCC)CC[C@@H]1N. The Kier molecular flexibility index (Phi) is 11.2. The lowest BCUT2D eigenvalue weighted by molar-refractivity contribution is -0.134. The van der Waals surface area contributed by atoms with Crippen LogP contribution in [0.1, 0.15) is 52.0 Å². The number of ether oxygens (including phenoxy) is 2. The van der Waals surface area contributed by atoms with Gasteiger partial charge in [-0.05, 0) is 38.7 Å². The molecule has 1 aromatic carbocycles. The van der Waals surface area contributed by atoms with Crippen molar-refractivity contribution in [2.75, 3.05) is 13.2 Å². The molecule has 0 aromatic heterocycles. The maximum absolute atomic E-state index is 12.5. The van der Waals surface area contributed by atoms with Crippen LogP contribution in [0, 0.1) is 5.92 Å². The van der Waals surface area contributed by atoms with Crippen LogP contribution in [0.4, 0.5) is 0 Å². The van der Waals surface area contributed by atoms with Gasteiger partial charge in [0.25, 0.3) is 5.97 Å². The van der Waals surface area contributed by atoms with Gasteiger partial charge in [-0.25, -0.2) is 0 Å². The molecule has 0 aliphatic heterocycles. The molecule has 1 amide bonds. The van der Waals surface area contributed by atoms with E-state index >= 15 is 0 Å². The summed E-state index contributed by atoms with van der Waals surface area (Å²) in [7, 11) is 0. The van der Waals surface area contributed by atoms with Crippen molar-refractivity contribution in [2.45, 2.75) is 65.1 Å². The average molecular weight is 395 g/mol. The van der Waals surface area contributed by atoms with Gasteiger partial charge in [-0.3, -0.25) is 9.59 Å². The van der Waals surface area contributed by atoms with E-state index in [2.05, 4.69) is 12.2 Å². The van der Waals surface area contributed by atoms with Gasteiger partial charge in [0.1, 0.15) is 5.75 Å². The number of carbonyl (C=O) groups is 2. The fourth-order valence-electron chi connectivity index (χ4n) is 3.12. The predicted molar refractivity (Wildman–Crippen MR) is 108 cm³/mol. The Morgan fingerprint density at radius 2 is 1.93 bits per heavy atom. The molecule has 1 saturated carbocycles. The number of carboxylic acid groups (broad SMARTS) is 1. The Bertz CT molecular complexity index is 604. The molecule has 0 spiro atoms. The van der Waals surface area contributed by atoms with Crippen LogP contribution in [-0.4, -0.2) is 42.3 Å². The fraction of sp³-hybridized carbons (Fsp3) is 0.619. The number of aliphatic carboxylic acids is 1. The van der Waals surface area contributed by atoms with Crippen molar-refractivity contribution in [3.8, 4) is 5.75 Å². The maximum Gasteiger partial charge on any atom is 0.300 e. The minimum atomic E-state index is -0.833. The van der Waals surface area contributed by atoms with Crippen molar-refractivity contribution in [1.29, 1.82) is 0 Å². The molecular weight excluding hydrogens is 360 g/mol. The van der Waals surface area contributed by atoms with Crippen molar-refractivity contribution in [2.24, 2.45) is 11.7 Å². The summed E-state index contributed by atoms with van der Waals surface area (Å²) in [5, 5.41) is 10.5. The van der Waals surface area contributed by atoms with E-state index in [1.165, 1.54) is 0 Å². The summed E-state index contributed by atoms with van der Waals surface area (Å²) in [6.07, 6.45) is 3.33. The van der Waals surface area contributed by atoms with Crippen molar-refractivity contribution < 1.29 is 24.2 Å². The topological polar surface area (TPSA) is 111 Å². The third-order valence-corrected chi connectivity index (χ3v) is 4.48. The standard InChI is InChI=1S/C19H30N2O3.C2H4O2/c1-3-11-24-18-12-14(9-10-16(18)20)19(22)21-13-15-7-5-6-8-17(15)23-4-2;1-2(3)4/h5-8,14,16,18H,3-4,9-13,20H2,1-2H3,(H,21,22);1H3,(H,3,4)/t14-,16-,18-;/m0./s1. The van der Waals surface area contributed by atoms with Crippen LogP contribution in [0.15, 0.2) is 24.3 Å². The van der Waals surface area contributed by atoms with Crippen LogP contribution in [0.3, 0.4) is 0 Å². The van der Waals surface area contributed by atoms with Crippen molar-refractivity contribution in [3.05, 3.63) is 29.8 Å². The highest BCUT2D eigenvalue weighted by Crippen LogP contribution is 2.26. The van der Waals surface area contributed by atoms with Crippen molar-refractivity contribution in [1.82, 2.24) is 5.32 Å². The molecule has 0 radical (unpaired) electrons. The van der Waals surface area contributed by atoms with E-state index in [1.807, 2.05) is 31.2 Å². The highest BCUT2D eigenvalue weighted by Gasteiger charge is 2.32. The average Bonchev–Trinajstić information content (AvgIpc) is 2.66. The molecule has 28 heavy (non-hydrogen) atoms. The highest BCUT2D eigenvalue weighted by molar-refractivity contribution is 5.78. The molecule has 2 rings (SSSR count). The first-order chi connectivity index (χ1) is 13.4. The van der Waals surface area contributed by atoms with Crippen LogP contribution >= 0.6 is 0 Å². The molecule has 1 fully saturated rings. The van der Waals surface area contributed by atoms with Crippen molar-refractivity contribution >= 4 is 11.9 Å². The monoisotopic (exact) mass is 394 g/mol. The van der Waals surface area contributed by atoms with Crippen LogP contribution in [0.25, 0.3) is 0 Å². The number of para-hydroxylation sites is 1. The minimum Gasteiger partial charge on any atom is -0.494 e. The highest BCUT2D eigenvalue weighted by atomic mass is 16.5. The number of benzene rings is 1. The van der Waals surface area contributed by atoms with Crippen molar-refractivity contribution in [3.63, 3.8) is 0 Å². The van der Waals surface area contributed by atoms with Crippen LogP contribution in [0.2, 0.25) is 0 Å². The minimum absolute atomic E-state index is 0.00911. The molecule has 0 saturated heterocycles. The van der Waals surface area contributed by atoms with Gasteiger partial charge in [0.2, 0.25) is 5.91 Å². The molecule has 158 valence electrons. The van der Waals surface area contributed by atoms with E-state index in [9.17, 15) is 4.79 Å². The predicted octanol–water partition coefficient (Wildman–Crippen LogP) is 2.71. The third kappa shape index (κ3) is 8.71. The molecule has 7 nitrogen and oxygen atoms in total. The number of hydrogen-bond donors (Lipinski definition) is 3. The molecule has 1 aliphatic rings. The molecule has 1 aromatic rings. The zero-order chi connectivity index (χ0) is 20.9. The van der Waals surface area contributed by atoms with E-state index in [4.69, 9.17) is 25.1 Å². The molecule has 7 heteroatoms. The second-order valence-corrected chi connectivity index (χ2v) is 6.86. The number of amides is 1. The Morgan fingerprint density at radius 1 is 1.25 bits per heavy atom. The Labute approximate surface area is 167 Å². The third-order valence-electron chi connectivity index (χ3n) is 4.48.